The van der Waals surface area contributed by atoms with Crippen LogP contribution in [0, 0.1) is 5.82 Å². The van der Waals surface area contributed by atoms with Crippen molar-refractivity contribution < 1.29 is 9.18 Å². The van der Waals surface area contributed by atoms with Gasteiger partial charge in [0.2, 0.25) is 5.91 Å². The van der Waals surface area contributed by atoms with Gasteiger partial charge in [-0.05, 0) is 46.2 Å². The van der Waals surface area contributed by atoms with Gasteiger partial charge in [-0.2, -0.15) is 0 Å². The Morgan fingerprint density at radius 1 is 1.19 bits per heavy atom. The van der Waals surface area contributed by atoms with Crippen LogP contribution in [0.15, 0.2) is 29.3 Å². The van der Waals surface area contributed by atoms with Gasteiger partial charge in [-0.1, -0.05) is 12.1 Å². The predicted molar refractivity (Wildman–Crippen MR) is 126 cm³/mol. The maximum Gasteiger partial charge on any atom is 0.240 e. The molecule has 0 bridgehead atoms. The lowest BCUT2D eigenvalue weighted by Gasteiger charge is -2.36. The highest BCUT2D eigenvalue weighted by Crippen LogP contribution is 2.20. The normalized spacial score (nSPS) is 15.7. The molecule has 1 aromatic carbocycles. The molecular weight excluding hydrogens is 395 g/mol. The molecular formula is C23H39FN6O. The number of para-hydroxylation sites is 1. The van der Waals surface area contributed by atoms with Crippen molar-refractivity contribution in [2.45, 2.75) is 39.7 Å². The standard InChI is InChI=1S/C23H39FN6O/c1-6-25-22(28(5)18-21(31)27-23(2,3)4)26-12-9-13-29-14-16-30(17-15-29)20-11-8-7-10-19(20)24/h7-8,10-11H,6,9,12-18H2,1-5H3,(H,25,26)(H,27,31). The number of carbonyl (C=O) groups excluding carboxylic acids is 1. The summed E-state index contributed by atoms with van der Waals surface area (Å²) in [5, 5.41) is 6.24. The highest BCUT2D eigenvalue weighted by Gasteiger charge is 2.19. The maximum absolute atomic E-state index is 14.0. The van der Waals surface area contributed by atoms with Crippen molar-refractivity contribution in [1.82, 2.24) is 20.4 Å². The molecule has 31 heavy (non-hydrogen) atoms. The van der Waals surface area contributed by atoms with E-state index in [4.69, 9.17) is 0 Å². The van der Waals surface area contributed by atoms with Gasteiger partial charge in [-0.3, -0.25) is 14.7 Å². The molecule has 0 aromatic heterocycles. The molecule has 1 aliphatic rings. The van der Waals surface area contributed by atoms with E-state index >= 15 is 0 Å². The van der Waals surface area contributed by atoms with Gasteiger partial charge in [0.25, 0.3) is 0 Å². The molecule has 0 spiro atoms. The zero-order chi connectivity index (χ0) is 22.9. The van der Waals surface area contributed by atoms with Gasteiger partial charge in [-0.15, -0.1) is 0 Å². The van der Waals surface area contributed by atoms with Crippen LogP contribution in [0.5, 0.6) is 0 Å². The summed E-state index contributed by atoms with van der Waals surface area (Å²) in [4.78, 5) is 23.3. The smallest absolute Gasteiger partial charge is 0.240 e. The van der Waals surface area contributed by atoms with Gasteiger partial charge >= 0.3 is 0 Å². The lowest BCUT2D eigenvalue weighted by molar-refractivity contribution is -0.122. The second-order valence-corrected chi connectivity index (χ2v) is 9.02. The molecule has 1 aromatic rings. The monoisotopic (exact) mass is 434 g/mol. The molecule has 0 radical (unpaired) electrons. The van der Waals surface area contributed by atoms with E-state index in [1.807, 2.05) is 51.8 Å². The molecule has 1 heterocycles. The van der Waals surface area contributed by atoms with Gasteiger partial charge in [-0.25, -0.2) is 4.39 Å². The Labute approximate surface area is 186 Å². The van der Waals surface area contributed by atoms with Crippen LogP contribution >= 0.6 is 0 Å². The van der Waals surface area contributed by atoms with E-state index in [0.29, 0.717) is 12.2 Å². The number of benzene rings is 1. The lowest BCUT2D eigenvalue weighted by atomic mass is 10.1. The van der Waals surface area contributed by atoms with E-state index in [0.717, 1.165) is 51.6 Å². The molecule has 1 saturated heterocycles. The van der Waals surface area contributed by atoms with Crippen molar-refractivity contribution in [2.24, 2.45) is 4.99 Å². The number of halogens is 1. The van der Waals surface area contributed by atoms with Crippen LogP contribution in [-0.2, 0) is 4.79 Å². The molecule has 0 unspecified atom stereocenters. The number of nitrogens with zero attached hydrogens (tertiary/aromatic N) is 4. The second kappa shape index (κ2) is 11.9. The fourth-order valence-corrected chi connectivity index (χ4v) is 3.62. The minimum Gasteiger partial charge on any atom is -0.367 e. The Kier molecular flexibility index (Phi) is 9.55. The van der Waals surface area contributed by atoms with Gasteiger partial charge in [0, 0.05) is 58.4 Å². The second-order valence-electron chi connectivity index (χ2n) is 9.02. The number of likely N-dealkylation sites (N-methyl/N-ethyl adjacent to an activating group) is 1. The first-order chi connectivity index (χ1) is 14.7. The van der Waals surface area contributed by atoms with Gasteiger partial charge in [0.15, 0.2) is 5.96 Å². The summed E-state index contributed by atoms with van der Waals surface area (Å²) in [6.07, 6.45) is 0.941. The summed E-state index contributed by atoms with van der Waals surface area (Å²) in [5.41, 5.74) is 0.449. The number of hydrogen-bond acceptors (Lipinski definition) is 4. The predicted octanol–water partition coefficient (Wildman–Crippen LogP) is 2.15. The maximum atomic E-state index is 14.0. The van der Waals surface area contributed by atoms with Crippen molar-refractivity contribution in [3.63, 3.8) is 0 Å². The van der Waals surface area contributed by atoms with E-state index < -0.39 is 0 Å². The third-order valence-electron chi connectivity index (χ3n) is 5.05. The molecule has 1 amide bonds. The number of carbonyl (C=O) groups is 1. The summed E-state index contributed by atoms with van der Waals surface area (Å²) < 4.78 is 14.0. The summed E-state index contributed by atoms with van der Waals surface area (Å²) in [5.74, 6) is 0.575. The van der Waals surface area contributed by atoms with Crippen LogP contribution in [0.4, 0.5) is 10.1 Å². The molecule has 0 atom stereocenters. The van der Waals surface area contributed by atoms with Gasteiger partial charge < -0.3 is 20.4 Å². The third kappa shape index (κ3) is 8.73. The summed E-state index contributed by atoms with van der Waals surface area (Å²) in [6, 6.07) is 6.98. The molecule has 174 valence electrons. The van der Waals surface area contributed by atoms with Crippen LogP contribution in [-0.4, -0.2) is 86.6 Å². The van der Waals surface area contributed by atoms with Crippen LogP contribution in [0.2, 0.25) is 0 Å². The number of rotatable bonds is 8. The van der Waals surface area contributed by atoms with Crippen molar-refractivity contribution in [3.8, 4) is 0 Å². The molecule has 1 aliphatic heterocycles. The summed E-state index contributed by atoms with van der Waals surface area (Å²) in [7, 11) is 1.88. The molecule has 1 fully saturated rings. The molecule has 8 heteroatoms. The Balaban J connectivity index is 1.75. The zero-order valence-corrected chi connectivity index (χ0v) is 19.7. The van der Waals surface area contributed by atoms with Crippen molar-refractivity contribution in [3.05, 3.63) is 30.1 Å². The quantitative estimate of drug-likeness (QED) is 0.373. The Hall–Kier alpha value is -2.35. The lowest BCUT2D eigenvalue weighted by Crippen LogP contribution is -2.49. The van der Waals surface area contributed by atoms with Gasteiger partial charge in [0.1, 0.15) is 5.82 Å². The number of anilines is 1. The average Bonchev–Trinajstić information content (AvgIpc) is 2.69. The molecule has 7 nitrogen and oxygen atoms in total. The number of piperazine rings is 1. The minimum absolute atomic E-state index is 0.0201. The SMILES string of the molecule is CCNC(=NCCCN1CCN(c2ccccc2F)CC1)N(C)CC(=O)NC(C)(C)C. The van der Waals surface area contributed by atoms with E-state index in [9.17, 15) is 9.18 Å². The van der Waals surface area contributed by atoms with E-state index in [1.54, 1.807) is 6.07 Å². The van der Waals surface area contributed by atoms with Crippen LogP contribution in [0.25, 0.3) is 0 Å². The Morgan fingerprint density at radius 3 is 2.48 bits per heavy atom. The van der Waals surface area contributed by atoms with E-state index in [-0.39, 0.29) is 23.8 Å². The van der Waals surface area contributed by atoms with Gasteiger partial charge in [0.05, 0.1) is 12.2 Å². The zero-order valence-electron chi connectivity index (χ0n) is 19.7. The van der Waals surface area contributed by atoms with Crippen LogP contribution in [0.3, 0.4) is 0 Å². The number of nitrogens with one attached hydrogen (secondary N) is 2. The van der Waals surface area contributed by atoms with E-state index in [1.165, 1.54) is 6.07 Å². The first-order valence-corrected chi connectivity index (χ1v) is 11.2. The molecule has 0 saturated carbocycles. The summed E-state index contributed by atoms with van der Waals surface area (Å²) in [6.45, 7) is 14.1. The fraction of sp³-hybridized carbons (Fsp3) is 0.652. The molecule has 2 rings (SSSR count). The first kappa shape index (κ1) is 24.9. The Bertz CT molecular complexity index is 725. The van der Waals surface area contributed by atoms with Crippen molar-refractivity contribution in [1.29, 1.82) is 0 Å². The number of aliphatic imine (C=N–C) groups is 1. The average molecular weight is 435 g/mol. The highest BCUT2D eigenvalue weighted by molar-refractivity contribution is 5.86. The van der Waals surface area contributed by atoms with E-state index in [2.05, 4.69) is 25.4 Å². The number of amides is 1. The van der Waals surface area contributed by atoms with Crippen molar-refractivity contribution in [2.75, 3.05) is 64.3 Å². The third-order valence-corrected chi connectivity index (χ3v) is 5.05. The van der Waals surface area contributed by atoms with Crippen molar-refractivity contribution >= 4 is 17.6 Å². The number of guanidine groups is 1. The van der Waals surface area contributed by atoms with Crippen LogP contribution in [0.1, 0.15) is 34.1 Å². The molecule has 0 aliphatic carbocycles. The highest BCUT2D eigenvalue weighted by atomic mass is 19.1. The minimum atomic E-state index is -0.246. The summed E-state index contributed by atoms with van der Waals surface area (Å²) >= 11 is 0. The Morgan fingerprint density at radius 2 is 1.87 bits per heavy atom. The topological polar surface area (TPSA) is 63.2 Å². The molecule has 2 N–H and O–H groups in total. The fourth-order valence-electron chi connectivity index (χ4n) is 3.62. The number of hydrogen-bond donors (Lipinski definition) is 2. The first-order valence-electron chi connectivity index (χ1n) is 11.2. The largest absolute Gasteiger partial charge is 0.367 e. The van der Waals surface area contributed by atoms with Crippen LogP contribution < -0.4 is 15.5 Å².